The zero-order valence-electron chi connectivity index (χ0n) is 16.7. The Hall–Kier alpha value is -2.40. The number of rotatable bonds is 5. The maximum atomic E-state index is 12.2. The third-order valence-electron chi connectivity index (χ3n) is 6.30. The van der Waals surface area contributed by atoms with E-state index in [9.17, 15) is 4.79 Å². The Morgan fingerprint density at radius 1 is 1.11 bits per heavy atom. The van der Waals surface area contributed by atoms with Crippen LogP contribution < -0.4 is 10.2 Å². The molecular weight excluding hydrogens is 348 g/mol. The van der Waals surface area contributed by atoms with Gasteiger partial charge >= 0.3 is 0 Å². The van der Waals surface area contributed by atoms with E-state index in [0.29, 0.717) is 11.0 Å². The largest absolute Gasteiger partial charge is 0.355 e. The van der Waals surface area contributed by atoms with Crippen molar-refractivity contribution in [3.8, 4) is 0 Å². The maximum absolute atomic E-state index is 12.2. The SMILES string of the molecule is CNC(=O)c1cccnc1N1CCC2(CCCN(CCc3ccccc3)C2)C1. The second-order valence-corrected chi connectivity index (χ2v) is 8.24. The maximum Gasteiger partial charge on any atom is 0.254 e. The first-order chi connectivity index (χ1) is 13.7. The molecule has 1 spiro atoms. The molecule has 1 unspecified atom stereocenters. The summed E-state index contributed by atoms with van der Waals surface area (Å²) in [5, 5.41) is 2.74. The number of benzene rings is 1. The van der Waals surface area contributed by atoms with Gasteiger partial charge < -0.3 is 15.1 Å². The summed E-state index contributed by atoms with van der Waals surface area (Å²) in [5.74, 6) is 0.775. The Bertz CT molecular complexity index is 809. The number of carbonyl (C=O) groups excluding carboxylic acids is 1. The van der Waals surface area contributed by atoms with Gasteiger partial charge in [-0.3, -0.25) is 4.79 Å². The number of pyridine rings is 1. The standard InChI is InChI=1S/C23H30N4O/c1-24-22(28)20-9-5-13-25-21(20)27-16-12-23(18-27)11-6-14-26(17-23)15-10-19-7-3-2-4-8-19/h2-5,7-9,13H,6,10-12,14-18H2,1H3,(H,24,28). The zero-order valence-corrected chi connectivity index (χ0v) is 16.7. The van der Waals surface area contributed by atoms with E-state index in [1.165, 1.54) is 31.4 Å². The van der Waals surface area contributed by atoms with E-state index in [4.69, 9.17) is 0 Å². The highest BCUT2D eigenvalue weighted by Gasteiger charge is 2.42. The Kier molecular flexibility index (Phi) is 5.62. The van der Waals surface area contributed by atoms with E-state index in [1.807, 2.05) is 12.1 Å². The van der Waals surface area contributed by atoms with Gasteiger partial charge in [-0.05, 0) is 49.9 Å². The molecule has 1 aromatic heterocycles. The molecule has 2 saturated heterocycles. The topological polar surface area (TPSA) is 48.5 Å². The third-order valence-corrected chi connectivity index (χ3v) is 6.30. The van der Waals surface area contributed by atoms with Gasteiger partial charge in [0.15, 0.2) is 0 Å². The fourth-order valence-corrected chi connectivity index (χ4v) is 4.84. The molecule has 5 nitrogen and oxygen atoms in total. The molecule has 0 saturated carbocycles. The normalized spacial score (nSPS) is 22.5. The third kappa shape index (κ3) is 4.04. The van der Waals surface area contributed by atoms with Crippen molar-refractivity contribution in [1.82, 2.24) is 15.2 Å². The first-order valence-corrected chi connectivity index (χ1v) is 10.4. The fourth-order valence-electron chi connectivity index (χ4n) is 4.84. The van der Waals surface area contributed by atoms with Crippen LogP contribution in [0.1, 0.15) is 35.2 Å². The Labute approximate surface area is 167 Å². The molecule has 2 aliphatic rings. The average Bonchev–Trinajstić information content (AvgIpc) is 3.15. The van der Waals surface area contributed by atoms with Gasteiger partial charge in [-0.2, -0.15) is 0 Å². The minimum absolute atomic E-state index is 0.0582. The van der Waals surface area contributed by atoms with Crippen molar-refractivity contribution in [2.24, 2.45) is 5.41 Å². The van der Waals surface area contributed by atoms with Gasteiger partial charge in [0.1, 0.15) is 5.82 Å². The molecule has 1 N–H and O–H groups in total. The second kappa shape index (κ2) is 8.31. The molecule has 0 aliphatic carbocycles. The molecule has 3 heterocycles. The number of aromatic nitrogens is 1. The van der Waals surface area contributed by atoms with Crippen molar-refractivity contribution in [2.45, 2.75) is 25.7 Å². The molecule has 2 fully saturated rings. The minimum Gasteiger partial charge on any atom is -0.355 e. The van der Waals surface area contributed by atoms with Gasteiger partial charge in [0.05, 0.1) is 5.56 Å². The first kappa shape index (κ1) is 18.9. The first-order valence-electron chi connectivity index (χ1n) is 10.4. The van der Waals surface area contributed by atoms with Gasteiger partial charge in [-0.15, -0.1) is 0 Å². The molecule has 2 aromatic rings. The molecule has 0 bridgehead atoms. The zero-order chi connectivity index (χ0) is 19.4. The summed E-state index contributed by atoms with van der Waals surface area (Å²) in [5.41, 5.74) is 2.42. The highest BCUT2D eigenvalue weighted by atomic mass is 16.1. The fraction of sp³-hybridized carbons (Fsp3) is 0.478. The highest BCUT2D eigenvalue weighted by molar-refractivity contribution is 5.98. The summed E-state index contributed by atoms with van der Waals surface area (Å²) in [7, 11) is 1.68. The average molecular weight is 379 g/mol. The van der Waals surface area contributed by atoms with Crippen molar-refractivity contribution >= 4 is 11.7 Å². The molecule has 0 radical (unpaired) electrons. The van der Waals surface area contributed by atoms with Crippen LogP contribution in [-0.2, 0) is 6.42 Å². The number of amides is 1. The molecule has 2 aliphatic heterocycles. The van der Waals surface area contributed by atoms with E-state index < -0.39 is 0 Å². The summed E-state index contributed by atoms with van der Waals surface area (Å²) >= 11 is 0. The van der Waals surface area contributed by atoms with Crippen LogP contribution in [-0.4, -0.2) is 55.6 Å². The molecule has 1 aromatic carbocycles. The van der Waals surface area contributed by atoms with E-state index in [-0.39, 0.29) is 5.91 Å². The number of nitrogens with one attached hydrogen (secondary N) is 1. The van der Waals surface area contributed by atoms with E-state index in [2.05, 4.69) is 50.4 Å². The molecule has 1 atom stereocenters. The predicted octanol–water partition coefficient (Wildman–Crippen LogP) is 2.98. The number of anilines is 1. The van der Waals surface area contributed by atoms with Crippen LogP contribution in [0.4, 0.5) is 5.82 Å². The highest BCUT2D eigenvalue weighted by Crippen LogP contribution is 2.40. The molecule has 1 amide bonds. The molecule has 5 heteroatoms. The summed E-state index contributed by atoms with van der Waals surface area (Å²) in [6, 6.07) is 14.5. The van der Waals surface area contributed by atoms with E-state index in [1.54, 1.807) is 13.2 Å². The van der Waals surface area contributed by atoms with Gasteiger partial charge in [-0.1, -0.05) is 30.3 Å². The quantitative estimate of drug-likeness (QED) is 0.869. The lowest BCUT2D eigenvalue weighted by molar-refractivity contribution is 0.0962. The molecule has 4 rings (SSSR count). The monoisotopic (exact) mass is 378 g/mol. The van der Waals surface area contributed by atoms with Crippen molar-refractivity contribution in [3.63, 3.8) is 0 Å². The lowest BCUT2D eigenvalue weighted by Crippen LogP contribution is -2.45. The molecule has 28 heavy (non-hydrogen) atoms. The van der Waals surface area contributed by atoms with Gasteiger partial charge in [-0.25, -0.2) is 4.98 Å². The number of hydrogen-bond donors (Lipinski definition) is 1. The summed E-state index contributed by atoms with van der Waals surface area (Å²) in [4.78, 5) is 21.8. The number of hydrogen-bond acceptors (Lipinski definition) is 4. The number of likely N-dealkylation sites (tertiary alicyclic amines) is 1. The van der Waals surface area contributed by atoms with Crippen LogP contribution in [0.3, 0.4) is 0 Å². The van der Waals surface area contributed by atoms with Crippen molar-refractivity contribution in [3.05, 3.63) is 59.8 Å². The van der Waals surface area contributed by atoms with E-state index in [0.717, 1.165) is 38.4 Å². The van der Waals surface area contributed by atoms with Gasteiger partial charge in [0.2, 0.25) is 0 Å². The van der Waals surface area contributed by atoms with Crippen LogP contribution in [0.5, 0.6) is 0 Å². The number of carbonyl (C=O) groups is 1. The summed E-state index contributed by atoms with van der Waals surface area (Å²) in [6.45, 7) is 5.45. The number of piperidine rings is 1. The summed E-state index contributed by atoms with van der Waals surface area (Å²) < 4.78 is 0. The van der Waals surface area contributed by atoms with Gasteiger partial charge in [0, 0.05) is 44.8 Å². The van der Waals surface area contributed by atoms with Gasteiger partial charge in [0.25, 0.3) is 5.91 Å². The van der Waals surface area contributed by atoms with Crippen LogP contribution >= 0.6 is 0 Å². The smallest absolute Gasteiger partial charge is 0.254 e. The summed E-state index contributed by atoms with van der Waals surface area (Å²) in [6.07, 6.45) is 6.61. The Balaban J connectivity index is 1.42. The van der Waals surface area contributed by atoms with Crippen molar-refractivity contribution < 1.29 is 4.79 Å². The number of nitrogens with zero attached hydrogens (tertiary/aromatic N) is 3. The molecular formula is C23H30N4O. The van der Waals surface area contributed by atoms with Crippen LogP contribution in [0.25, 0.3) is 0 Å². The van der Waals surface area contributed by atoms with Crippen molar-refractivity contribution in [1.29, 1.82) is 0 Å². The van der Waals surface area contributed by atoms with Crippen LogP contribution in [0.15, 0.2) is 48.7 Å². The van der Waals surface area contributed by atoms with Crippen LogP contribution in [0.2, 0.25) is 0 Å². The molecule has 148 valence electrons. The Morgan fingerprint density at radius 2 is 1.96 bits per heavy atom. The predicted molar refractivity (Wildman–Crippen MR) is 113 cm³/mol. The van der Waals surface area contributed by atoms with Crippen LogP contribution in [0, 0.1) is 5.41 Å². The second-order valence-electron chi connectivity index (χ2n) is 8.24. The van der Waals surface area contributed by atoms with E-state index >= 15 is 0 Å². The lowest BCUT2D eigenvalue weighted by atomic mass is 9.79. The Morgan fingerprint density at radius 3 is 2.79 bits per heavy atom. The van der Waals surface area contributed by atoms with Crippen molar-refractivity contribution in [2.75, 3.05) is 44.7 Å². The lowest BCUT2D eigenvalue weighted by Gasteiger charge is -2.40. The minimum atomic E-state index is -0.0582.